The van der Waals surface area contributed by atoms with Crippen LogP contribution in [0.15, 0.2) is 23.3 Å². The molecule has 29 heavy (non-hydrogen) atoms. The Morgan fingerprint density at radius 3 is 2.66 bits per heavy atom. The van der Waals surface area contributed by atoms with Crippen molar-refractivity contribution in [2.24, 2.45) is 16.9 Å². The lowest BCUT2D eigenvalue weighted by molar-refractivity contribution is -0.132. The number of hydrazine groups is 1. The fourth-order valence-corrected chi connectivity index (χ4v) is 3.61. The second-order valence-electron chi connectivity index (χ2n) is 5.77. The van der Waals surface area contributed by atoms with Gasteiger partial charge in [-0.05, 0) is 49.1 Å². The van der Waals surface area contributed by atoms with E-state index in [1.165, 1.54) is 11.3 Å². The van der Waals surface area contributed by atoms with Gasteiger partial charge in [0.1, 0.15) is 5.71 Å². The molecule has 3 rings (SSSR count). The second-order valence-corrected chi connectivity index (χ2v) is 7.61. The number of rotatable bonds is 4. The maximum absolute atomic E-state index is 12.8. The summed E-state index contributed by atoms with van der Waals surface area (Å²) in [6.45, 7) is 1.94. The number of nitrogens with zero attached hydrogens (tertiary/aromatic N) is 2. The number of amides is 3. The Morgan fingerprint density at radius 1 is 1.31 bits per heavy atom. The molecule has 7 N–H and O–H groups in total. The number of hydrogen-bond donors (Lipinski definition) is 6. The van der Waals surface area contributed by atoms with Gasteiger partial charge in [0.2, 0.25) is 16.9 Å². The molecule has 3 amide bonds. The van der Waals surface area contributed by atoms with Crippen LogP contribution in [0.1, 0.15) is 5.56 Å². The molecular weight excluding hydrogens is 436 g/mol. The molecule has 14 heteroatoms. The van der Waals surface area contributed by atoms with E-state index < -0.39 is 29.4 Å². The monoisotopic (exact) mass is 450 g/mol. The Hall–Kier alpha value is -3.07. The molecule has 0 atom stereocenters. The van der Waals surface area contributed by atoms with E-state index in [1.807, 2.05) is 25.1 Å². The van der Waals surface area contributed by atoms with Crippen molar-refractivity contribution in [3.63, 3.8) is 0 Å². The van der Waals surface area contributed by atoms with E-state index in [1.54, 1.807) is 0 Å². The number of carbonyl (C=O) groups excluding carboxylic acids is 3. The minimum absolute atomic E-state index is 0.127. The van der Waals surface area contributed by atoms with Gasteiger partial charge in [0, 0.05) is 0 Å². The maximum Gasteiger partial charge on any atom is 0.275 e. The quantitative estimate of drug-likeness (QED) is 0.117. The van der Waals surface area contributed by atoms with Crippen molar-refractivity contribution in [2.45, 2.75) is 6.92 Å². The molecule has 0 bridgehead atoms. The number of hydrazone groups is 1. The minimum Gasteiger partial charge on any atom is -0.302 e. The molecule has 0 radical (unpaired) electrons. The van der Waals surface area contributed by atoms with Gasteiger partial charge in [-0.2, -0.15) is 5.10 Å². The third-order valence-corrected chi connectivity index (χ3v) is 5.02. The Bertz CT molecular complexity index is 1060. The van der Waals surface area contributed by atoms with Gasteiger partial charge < -0.3 is 10.6 Å². The summed E-state index contributed by atoms with van der Waals surface area (Å²) < 4.78 is 0.865. The van der Waals surface area contributed by atoms with Gasteiger partial charge in [0.15, 0.2) is 16.2 Å². The topological polar surface area (TPSA) is 163 Å². The highest BCUT2D eigenvalue weighted by Crippen LogP contribution is 2.26. The molecule has 1 fully saturated rings. The van der Waals surface area contributed by atoms with Crippen LogP contribution in [0.4, 0.5) is 5.13 Å². The summed E-state index contributed by atoms with van der Waals surface area (Å²) in [5, 5.41) is 10.9. The summed E-state index contributed by atoms with van der Waals surface area (Å²) in [7, 11) is 0. The smallest absolute Gasteiger partial charge is 0.275 e. The number of aromatic nitrogens is 1. The van der Waals surface area contributed by atoms with E-state index in [0.29, 0.717) is 5.52 Å². The summed E-state index contributed by atoms with van der Waals surface area (Å²) in [5.74, 6) is 1.16. The van der Waals surface area contributed by atoms with E-state index >= 15 is 0 Å². The molecular formula is C15H14N8O3S3. The number of nitrogens with two attached hydrogens (primary N) is 1. The van der Waals surface area contributed by atoms with Crippen molar-refractivity contribution in [2.75, 3.05) is 5.32 Å². The van der Waals surface area contributed by atoms with Crippen molar-refractivity contribution in [3.8, 4) is 0 Å². The van der Waals surface area contributed by atoms with Gasteiger partial charge >= 0.3 is 0 Å². The van der Waals surface area contributed by atoms with E-state index in [-0.39, 0.29) is 15.4 Å². The summed E-state index contributed by atoms with van der Waals surface area (Å²) in [6, 6.07) is 5.64. The minimum atomic E-state index is -1.56. The predicted molar refractivity (Wildman–Crippen MR) is 116 cm³/mol. The van der Waals surface area contributed by atoms with Crippen LogP contribution in [0.3, 0.4) is 0 Å². The first kappa shape index (κ1) is 20.7. The Kier molecular flexibility index (Phi) is 6.07. The zero-order chi connectivity index (χ0) is 21.1. The molecule has 1 aliphatic rings. The Balaban J connectivity index is 1.90. The van der Waals surface area contributed by atoms with Gasteiger partial charge in [-0.25, -0.2) is 10.8 Å². The molecule has 1 aliphatic heterocycles. The molecule has 2 heterocycles. The Morgan fingerprint density at radius 2 is 2.00 bits per heavy atom. The maximum atomic E-state index is 12.8. The number of aryl methyl sites for hydroxylation is 1. The normalized spacial score (nSPS) is 15.0. The number of fused-ring (bicyclic) bond motifs is 1. The van der Waals surface area contributed by atoms with Gasteiger partial charge in [0.05, 0.1) is 10.2 Å². The number of benzene rings is 1. The van der Waals surface area contributed by atoms with Crippen LogP contribution in [-0.4, -0.2) is 38.6 Å². The van der Waals surface area contributed by atoms with Gasteiger partial charge in [-0.3, -0.25) is 30.6 Å². The van der Waals surface area contributed by atoms with Crippen molar-refractivity contribution in [3.05, 3.63) is 23.8 Å². The van der Waals surface area contributed by atoms with E-state index in [9.17, 15) is 14.4 Å². The summed E-state index contributed by atoms with van der Waals surface area (Å²) in [6.07, 6.45) is 0. The van der Waals surface area contributed by atoms with Crippen molar-refractivity contribution >= 4 is 84.8 Å². The third kappa shape index (κ3) is 4.68. The molecule has 1 aromatic heterocycles. The van der Waals surface area contributed by atoms with Crippen molar-refractivity contribution in [1.29, 1.82) is 0 Å². The molecule has 1 aromatic carbocycles. The summed E-state index contributed by atoms with van der Waals surface area (Å²) in [4.78, 5) is 41.7. The molecule has 1 saturated heterocycles. The number of thiocarbonyl (C=S) groups is 2. The highest BCUT2D eigenvalue weighted by Gasteiger charge is 2.40. The summed E-state index contributed by atoms with van der Waals surface area (Å²) >= 11 is 10.8. The zero-order valence-corrected chi connectivity index (χ0v) is 17.2. The molecule has 150 valence electrons. The standard InChI is InChI=1S/C15H14N8O3S3/c1-5-2-3-6-7(4-5)29-15(17-6)20-12(26)9(22-23-14(28)21-16)8-10(24)18-13(27)19-11(8)25/h2-4,8H,16H2,1H3,(H,17,20,26)(H2,21,23,28)(H2,18,19,24,25,27). The number of nitrogens with one attached hydrogen (secondary N) is 5. The SMILES string of the molecule is Cc1ccc2nc(NC(=O)C(=NNC(=S)NN)C3C(=O)NC(=S)NC3=O)sc2c1. The van der Waals surface area contributed by atoms with Gasteiger partial charge in [-0.15, -0.1) is 0 Å². The lowest BCUT2D eigenvalue weighted by atomic mass is 9.99. The van der Waals surface area contributed by atoms with Crippen LogP contribution in [0, 0.1) is 12.8 Å². The molecule has 0 spiro atoms. The molecule has 0 saturated carbocycles. The number of carbonyl (C=O) groups is 3. The fraction of sp³-hybridized carbons (Fsp3) is 0.133. The third-order valence-electron chi connectivity index (χ3n) is 3.68. The lowest BCUT2D eigenvalue weighted by Crippen LogP contribution is -2.59. The van der Waals surface area contributed by atoms with Crippen LogP contribution in [0.25, 0.3) is 10.2 Å². The largest absolute Gasteiger partial charge is 0.302 e. The van der Waals surface area contributed by atoms with Crippen LogP contribution >= 0.6 is 35.8 Å². The van der Waals surface area contributed by atoms with Crippen LogP contribution in [0.5, 0.6) is 0 Å². The first-order chi connectivity index (χ1) is 13.8. The average molecular weight is 451 g/mol. The molecule has 2 aromatic rings. The molecule has 0 aliphatic carbocycles. The van der Waals surface area contributed by atoms with Crippen molar-refractivity contribution in [1.82, 2.24) is 26.5 Å². The molecule has 0 unspecified atom stereocenters. The molecule has 11 nitrogen and oxygen atoms in total. The predicted octanol–water partition coefficient (Wildman–Crippen LogP) is -0.616. The van der Waals surface area contributed by atoms with Crippen LogP contribution in [-0.2, 0) is 14.4 Å². The zero-order valence-electron chi connectivity index (χ0n) is 14.7. The number of anilines is 1. The first-order valence-electron chi connectivity index (χ1n) is 7.97. The first-order valence-corrected chi connectivity index (χ1v) is 9.60. The van der Waals surface area contributed by atoms with Crippen LogP contribution < -0.4 is 32.6 Å². The lowest BCUT2D eigenvalue weighted by Gasteiger charge is -2.23. The van der Waals surface area contributed by atoms with Crippen LogP contribution in [0.2, 0.25) is 0 Å². The second kappa shape index (κ2) is 8.52. The number of hydrogen-bond acceptors (Lipinski definition) is 9. The Labute approximate surface area is 178 Å². The average Bonchev–Trinajstić information content (AvgIpc) is 3.04. The fourth-order valence-electron chi connectivity index (χ4n) is 2.40. The van der Waals surface area contributed by atoms with Gasteiger partial charge in [0.25, 0.3) is 5.91 Å². The van der Waals surface area contributed by atoms with Gasteiger partial charge in [-0.1, -0.05) is 17.4 Å². The number of thiazole rings is 1. The van der Waals surface area contributed by atoms with E-state index in [4.69, 9.17) is 30.3 Å². The highest BCUT2D eigenvalue weighted by molar-refractivity contribution is 7.80. The van der Waals surface area contributed by atoms with E-state index in [0.717, 1.165) is 10.3 Å². The highest BCUT2D eigenvalue weighted by atomic mass is 32.1. The summed E-state index contributed by atoms with van der Waals surface area (Å²) in [5.41, 5.74) is 5.70. The van der Waals surface area contributed by atoms with E-state index in [2.05, 4.69) is 36.9 Å². The van der Waals surface area contributed by atoms with Crippen molar-refractivity contribution < 1.29 is 14.4 Å².